The van der Waals surface area contributed by atoms with Crippen LogP contribution in [0.5, 0.6) is 0 Å². The van der Waals surface area contributed by atoms with E-state index >= 15 is 0 Å². The standard InChI is InChI=1S/C15H18O2/c1-3-7-12(8-4-1)14-11-16-15(17-14)13-9-5-2-6-10-13/h1-5,7-8,13-15H,6,9-11H2/t13-,14+,15+/m0/s1. The predicted octanol–water partition coefficient (Wildman–Crippen LogP) is 3.46. The zero-order chi connectivity index (χ0) is 11.5. The van der Waals surface area contributed by atoms with Crippen molar-refractivity contribution in [2.75, 3.05) is 6.61 Å². The zero-order valence-corrected chi connectivity index (χ0v) is 9.92. The summed E-state index contributed by atoms with van der Waals surface area (Å²) in [7, 11) is 0. The van der Waals surface area contributed by atoms with Gasteiger partial charge in [-0.25, -0.2) is 0 Å². The summed E-state index contributed by atoms with van der Waals surface area (Å²) in [6.45, 7) is 0.689. The average molecular weight is 230 g/mol. The van der Waals surface area contributed by atoms with Crippen molar-refractivity contribution in [1.82, 2.24) is 0 Å². The van der Waals surface area contributed by atoms with Crippen LogP contribution in [0.2, 0.25) is 0 Å². The molecular formula is C15H18O2. The molecule has 1 saturated heterocycles. The highest BCUT2D eigenvalue weighted by Gasteiger charge is 2.32. The van der Waals surface area contributed by atoms with Gasteiger partial charge in [0.1, 0.15) is 6.10 Å². The maximum Gasteiger partial charge on any atom is 0.161 e. The molecular weight excluding hydrogens is 212 g/mol. The monoisotopic (exact) mass is 230 g/mol. The van der Waals surface area contributed by atoms with E-state index in [1.807, 2.05) is 6.07 Å². The van der Waals surface area contributed by atoms with Crippen LogP contribution in [-0.4, -0.2) is 12.9 Å². The molecule has 2 nitrogen and oxygen atoms in total. The Morgan fingerprint density at radius 1 is 1.06 bits per heavy atom. The Hall–Kier alpha value is -1.12. The molecule has 3 rings (SSSR count). The van der Waals surface area contributed by atoms with Gasteiger partial charge >= 0.3 is 0 Å². The molecule has 1 heterocycles. The van der Waals surface area contributed by atoms with Crippen molar-refractivity contribution < 1.29 is 9.47 Å². The molecule has 1 aromatic rings. The number of ether oxygens (including phenoxy) is 2. The molecule has 1 fully saturated rings. The Morgan fingerprint density at radius 2 is 1.94 bits per heavy atom. The molecule has 0 bridgehead atoms. The van der Waals surface area contributed by atoms with Gasteiger partial charge in [-0.1, -0.05) is 42.5 Å². The van der Waals surface area contributed by atoms with Crippen LogP contribution < -0.4 is 0 Å². The summed E-state index contributed by atoms with van der Waals surface area (Å²) in [6, 6.07) is 10.3. The van der Waals surface area contributed by atoms with Crippen molar-refractivity contribution in [2.45, 2.75) is 31.7 Å². The molecule has 90 valence electrons. The summed E-state index contributed by atoms with van der Waals surface area (Å²) in [5, 5.41) is 0. The van der Waals surface area contributed by atoms with Crippen LogP contribution >= 0.6 is 0 Å². The summed E-state index contributed by atoms with van der Waals surface area (Å²) in [5.74, 6) is 0.536. The van der Waals surface area contributed by atoms with Gasteiger partial charge in [-0.15, -0.1) is 0 Å². The number of hydrogen-bond donors (Lipinski definition) is 0. The molecule has 17 heavy (non-hydrogen) atoms. The minimum atomic E-state index is -0.00911. The van der Waals surface area contributed by atoms with Crippen molar-refractivity contribution in [3.63, 3.8) is 0 Å². The Balaban J connectivity index is 1.64. The van der Waals surface area contributed by atoms with Gasteiger partial charge in [-0.05, 0) is 24.8 Å². The van der Waals surface area contributed by atoms with Gasteiger partial charge in [0.15, 0.2) is 6.29 Å². The zero-order valence-electron chi connectivity index (χ0n) is 9.92. The molecule has 2 heteroatoms. The Morgan fingerprint density at radius 3 is 2.71 bits per heavy atom. The Labute approximate surface area is 102 Å². The molecule has 1 aromatic carbocycles. The molecule has 0 unspecified atom stereocenters. The molecule has 0 saturated carbocycles. The third-order valence-electron chi connectivity index (χ3n) is 3.58. The van der Waals surface area contributed by atoms with Gasteiger partial charge in [0.25, 0.3) is 0 Å². The lowest BCUT2D eigenvalue weighted by Crippen LogP contribution is -2.22. The van der Waals surface area contributed by atoms with Crippen molar-refractivity contribution in [1.29, 1.82) is 0 Å². The summed E-state index contributed by atoms with van der Waals surface area (Å²) >= 11 is 0. The van der Waals surface area contributed by atoms with Crippen LogP contribution in [-0.2, 0) is 9.47 Å². The lowest BCUT2D eigenvalue weighted by atomic mass is 9.94. The van der Waals surface area contributed by atoms with E-state index < -0.39 is 0 Å². The van der Waals surface area contributed by atoms with Crippen LogP contribution in [0.1, 0.15) is 30.9 Å². The second-order valence-electron chi connectivity index (χ2n) is 4.78. The summed E-state index contributed by atoms with van der Waals surface area (Å²) in [5.41, 5.74) is 1.22. The van der Waals surface area contributed by atoms with E-state index in [9.17, 15) is 0 Å². The third kappa shape index (κ3) is 2.43. The fourth-order valence-corrected chi connectivity index (χ4v) is 2.58. The van der Waals surface area contributed by atoms with Gasteiger partial charge in [0, 0.05) is 5.92 Å². The molecule has 1 aliphatic heterocycles. The van der Waals surface area contributed by atoms with Crippen molar-refractivity contribution in [3.05, 3.63) is 48.0 Å². The first kappa shape index (κ1) is 11.0. The van der Waals surface area contributed by atoms with E-state index in [2.05, 4.69) is 36.4 Å². The van der Waals surface area contributed by atoms with E-state index in [1.54, 1.807) is 0 Å². The number of benzene rings is 1. The van der Waals surface area contributed by atoms with Crippen LogP contribution in [0.3, 0.4) is 0 Å². The van der Waals surface area contributed by atoms with E-state index in [1.165, 1.54) is 12.0 Å². The van der Waals surface area contributed by atoms with Crippen molar-refractivity contribution in [2.24, 2.45) is 5.92 Å². The molecule has 0 radical (unpaired) electrons. The van der Waals surface area contributed by atoms with Crippen molar-refractivity contribution in [3.8, 4) is 0 Å². The predicted molar refractivity (Wildman–Crippen MR) is 66.5 cm³/mol. The maximum atomic E-state index is 6.03. The van der Waals surface area contributed by atoms with E-state index in [0.717, 1.165) is 12.8 Å². The topological polar surface area (TPSA) is 18.5 Å². The molecule has 0 N–H and O–H groups in total. The second-order valence-corrected chi connectivity index (χ2v) is 4.78. The highest BCUT2D eigenvalue weighted by atomic mass is 16.7. The van der Waals surface area contributed by atoms with Crippen LogP contribution in [0, 0.1) is 5.92 Å². The smallest absolute Gasteiger partial charge is 0.161 e. The molecule has 1 aliphatic carbocycles. The van der Waals surface area contributed by atoms with Gasteiger partial charge in [0.2, 0.25) is 0 Å². The van der Waals surface area contributed by atoms with Gasteiger partial charge in [-0.2, -0.15) is 0 Å². The first-order valence-corrected chi connectivity index (χ1v) is 6.40. The highest BCUT2D eigenvalue weighted by Crippen LogP contribution is 2.34. The third-order valence-corrected chi connectivity index (χ3v) is 3.58. The lowest BCUT2D eigenvalue weighted by Gasteiger charge is -2.23. The fourth-order valence-electron chi connectivity index (χ4n) is 2.58. The van der Waals surface area contributed by atoms with E-state index in [4.69, 9.17) is 9.47 Å². The molecule has 0 amide bonds. The summed E-state index contributed by atoms with van der Waals surface area (Å²) < 4.78 is 11.8. The summed E-state index contributed by atoms with van der Waals surface area (Å²) in [6.07, 6.45) is 8.03. The first-order valence-electron chi connectivity index (χ1n) is 6.40. The number of rotatable bonds is 2. The quantitative estimate of drug-likeness (QED) is 0.724. The van der Waals surface area contributed by atoms with Gasteiger partial charge in [0.05, 0.1) is 6.61 Å². The number of hydrogen-bond acceptors (Lipinski definition) is 2. The Bertz CT molecular complexity index is 385. The largest absolute Gasteiger partial charge is 0.349 e. The number of allylic oxidation sites excluding steroid dienone is 2. The molecule has 2 aliphatic rings. The first-order chi connectivity index (χ1) is 8.43. The van der Waals surface area contributed by atoms with Crippen LogP contribution in [0.25, 0.3) is 0 Å². The molecule has 0 aromatic heterocycles. The van der Waals surface area contributed by atoms with Crippen molar-refractivity contribution >= 4 is 0 Å². The van der Waals surface area contributed by atoms with Crippen LogP contribution in [0.15, 0.2) is 42.5 Å². The lowest BCUT2D eigenvalue weighted by molar-refractivity contribution is -0.0988. The maximum absolute atomic E-state index is 6.03. The van der Waals surface area contributed by atoms with Gasteiger partial charge < -0.3 is 9.47 Å². The fraction of sp³-hybridized carbons (Fsp3) is 0.467. The SMILES string of the molecule is C1=CC[C@H]([C@@H]2OC[C@H](c3ccccc3)O2)CC1. The minimum Gasteiger partial charge on any atom is -0.349 e. The summed E-state index contributed by atoms with van der Waals surface area (Å²) in [4.78, 5) is 0. The molecule has 3 atom stereocenters. The second kappa shape index (κ2) is 5.03. The molecule has 0 spiro atoms. The van der Waals surface area contributed by atoms with E-state index in [0.29, 0.717) is 12.5 Å². The minimum absolute atomic E-state index is 0.00911. The van der Waals surface area contributed by atoms with Crippen LogP contribution in [0.4, 0.5) is 0 Å². The average Bonchev–Trinajstić information content (AvgIpc) is 2.90. The highest BCUT2D eigenvalue weighted by molar-refractivity contribution is 5.18. The van der Waals surface area contributed by atoms with Gasteiger partial charge in [-0.3, -0.25) is 0 Å². The Kier molecular flexibility index (Phi) is 3.25. The van der Waals surface area contributed by atoms with E-state index in [-0.39, 0.29) is 12.4 Å². The normalized spacial score (nSPS) is 32.8.